The van der Waals surface area contributed by atoms with Crippen LogP contribution >= 0.6 is 0 Å². The zero-order valence-electron chi connectivity index (χ0n) is 17.1. The van der Waals surface area contributed by atoms with Gasteiger partial charge in [0, 0.05) is 55.3 Å². The van der Waals surface area contributed by atoms with Crippen LogP contribution in [0.1, 0.15) is 41.3 Å². The highest BCUT2D eigenvalue weighted by atomic mass is 16.2. The number of hydrogen-bond acceptors (Lipinski definition) is 4. The van der Waals surface area contributed by atoms with Gasteiger partial charge in [-0.15, -0.1) is 0 Å². The molecule has 29 heavy (non-hydrogen) atoms. The molecule has 0 spiro atoms. The second kappa shape index (κ2) is 9.24. The lowest BCUT2D eigenvalue weighted by Crippen LogP contribution is -2.25. The predicted molar refractivity (Wildman–Crippen MR) is 115 cm³/mol. The summed E-state index contributed by atoms with van der Waals surface area (Å²) in [5, 5.41) is 0. The van der Waals surface area contributed by atoms with Gasteiger partial charge < -0.3 is 4.90 Å². The fourth-order valence-corrected chi connectivity index (χ4v) is 3.24. The van der Waals surface area contributed by atoms with Gasteiger partial charge in [0.2, 0.25) is 5.91 Å². The van der Waals surface area contributed by atoms with Crippen molar-refractivity contribution in [3.63, 3.8) is 0 Å². The minimum atomic E-state index is 0.0686. The van der Waals surface area contributed by atoms with Crippen LogP contribution in [0.3, 0.4) is 0 Å². The van der Waals surface area contributed by atoms with Gasteiger partial charge in [0.15, 0.2) is 5.78 Å². The number of amides is 1. The van der Waals surface area contributed by atoms with E-state index in [-0.39, 0.29) is 11.7 Å². The molecule has 148 valence electrons. The maximum Gasteiger partial charge on any atom is 0.226 e. The smallest absolute Gasteiger partial charge is 0.226 e. The van der Waals surface area contributed by atoms with Gasteiger partial charge in [0.05, 0.1) is 5.69 Å². The van der Waals surface area contributed by atoms with Gasteiger partial charge >= 0.3 is 0 Å². The molecule has 3 aromatic rings. The first kappa shape index (κ1) is 20.4. The second-order valence-corrected chi connectivity index (χ2v) is 7.02. The zero-order valence-corrected chi connectivity index (χ0v) is 17.1. The summed E-state index contributed by atoms with van der Waals surface area (Å²) in [4.78, 5) is 34.6. The summed E-state index contributed by atoms with van der Waals surface area (Å²) in [5.74, 6) is 0.146. The normalized spacial score (nSPS) is 10.6. The van der Waals surface area contributed by atoms with Gasteiger partial charge in [-0.25, -0.2) is 0 Å². The molecule has 5 nitrogen and oxygen atoms in total. The topological polar surface area (TPSA) is 63.2 Å². The number of ketones is 1. The minimum absolute atomic E-state index is 0.0686. The lowest BCUT2D eigenvalue weighted by atomic mass is 10.0. The lowest BCUT2D eigenvalue weighted by Gasteiger charge is -2.19. The quantitative estimate of drug-likeness (QED) is 0.554. The first-order valence-corrected chi connectivity index (χ1v) is 9.75. The number of anilines is 1. The highest BCUT2D eigenvalue weighted by Crippen LogP contribution is 2.26. The highest BCUT2D eigenvalue weighted by molar-refractivity contribution is 5.96. The molecule has 5 heteroatoms. The van der Waals surface area contributed by atoms with Crippen LogP contribution in [0, 0.1) is 6.92 Å². The number of nitrogens with zero attached hydrogens (tertiary/aromatic N) is 3. The molecule has 0 saturated heterocycles. The standard InChI is InChI=1S/C24H25N3O2/c1-4-24(29)27(3)22-11-9-19(14-17(22)2)21-10-8-20(16-26-21)23(28)12-7-18-6-5-13-25-15-18/h5-6,8-11,13-16H,4,7,12H2,1-3H3. The Hall–Kier alpha value is -3.34. The van der Waals surface area contributed by atoms with E-state index in [9.17, 15) is 9.59 Å². The Balaban J connectivity index is 1.70. The number of aromatic nitrogens is 2. The van der Waals surface area contributed by atoms with Crippen LogP contribution < -0.4 is 4.90 Å². The number of Topliss-reactive ketones (excluding diaryl/α,β-unsaturated/α-hetero) is 1. The fourth-order valence-electron chi connectivity index (χ4n) is 3.24. The van der Waals surface area contributed by atoms with Gasteiger partial charge in [0.25, 0.3) is 0 Å². The number of benzene rings is 1. The summed E-state index contributed by atoms with van der Waals surface area (Å²) in [5.41, 5.74) is 5.31. The number of carbonyl (C=O) groups excluding carboxylic acids is 2. The van der Waals surface area contributed by atoms with Crippen molar-refractivity contribution in [2.45, 2.75) is 33.1 Å². The Morgan fingerprint density at radius 2 is 1.90 bits per heavy atom. The molecule has 1 amide bonds. The highest BCUT2D eigenvalue weighted by Gasteiger charge is 2.13. The predicted octanol–water partition coefficient (Wildman–Crippen LogP) is 4.64. The molecule has 0 aliphatic carbocycles. The maximum atomic E-state index is 12.4. The lowest BCUT2D eigenvalue weighted by molar-refractivity contribution is -0.118. The van der Waals surface area contributed by atoms with Crippen LogP contribution in [-0.2, 0) is 11.2 Å². The molecular weight excluding hydrogens is 362 g/mol. The van der Waals surface area contributed by atoms with Crippen molar-refractivity contribution < 1.29 is 9.59 Å². The summed E-state index contributed by atoms with van der Waals surface area (Å²) in [7, 11) is 1.79. The van der Waals surface area contributed by atoms with Gasteiger partial charge in [-0.1, -0.05) is 19.1 Å². The molecule has 0 bridgehead atoms. The molecule has 0 aliphatic rings. The van der Waals surface area contributed by atoms with Crippen molar-refractivity contribution in [1.82, 2.24) is 9.97 Å². The number of pyridine rings is 2. The van der Waals surface area contributed by atoms with Crippen molar-refractivity contribution in [3.8, 4) is 11.3 Å². The molecule has 0 saturated carbocycles. The van der Waals surface area contributed by atoms with E-state index < -0.39 is 0 Å². The first-order chi connectivity index (χ1) is 14.0. The van der Waals surface area contributed by atoms with E-state index in [0.29, 0.717) is 24.8 Å². The van der Waals surface area contributed by atoms with Gasteiger partial charge in [0.1, 0.15) is 0 Å². The van der Waals surface area contributed by atoms with Gasteiger partial charge in [-0.3, -0.25) is 19.6 Å². The maximum absolute atomic E-state index is 12.4. The minimum Gasteiger partial charge on any atom is -0.315 e. The summed E-state index contributed by atoms with van der Waals surface area (Å²) in [6.45, 7) is 3.83. The van der Waals surface area contributed by atoms with Crippen LogP contribution in [0.25, 0.3) is 11.3 Å². The van der Waals surface area contributed by atoms with Crippen molar-refractivity contribution in [1.29, 1.82) is 0 Å². The van der Waals surface area contributed by atoms with Crippen molar-refractivity contribution >= 4 is 17.4 Å². The molecule has 3 rings (SSSR count). The molecule has 0 fully saturated rings. The second-order valence-electron chi connectivity index (χ2n) is 7.02. The molecule has 0 radical (unpaired) electrons. The fraction of sp³-hybridized carbons (Fsp3) is 0.250. The third-order valence-electron chi connectivity index (χ3n) is 4.98. The molecule has 1 aromatic carbocycles. The van der Waals surface area contributed by atoms with E-state index in [1.165, 1.54) is 0 Å². The zero-order chi connectivity index (χ0) is 20.8. The molecule has 0 aliphatic heterocycles. The summed E-state index contributed by atoms with van der Waals surface area (Å²) < 4.78 is 0. The third-order valence-corrected chi connectivity index (χ3v) is 4.98. The average Bonchev–Trinajstić information content (AvgIpc) is 2.77. The summed E-state index contributed by atoms with van der Waals surface area (Å²) >= 11 is 0. The SMILES string of the molecule is CCC(=O)N(C)c1ccc(-c2ccc(C(=O)CCc3cccnc3)cn2)cc1C. The van der Waals surface area contributed by atoms with Crippen LogP contribution in [0.5, 0.6) is 0 Å². The Labute approximate surface area is 171 Å². The van der Waals surface area contributed by atoms with Crippen LogP contribution in [0.15, 0.2) is 61.1 Å². The first-order valence-electron chi connectivity index (χ1n) is 9.75. The van der Waals surface area contributed by atoms with Gasteiger partial charge in [-0.2, -0.15) is 0 Å². The van der Waals surface area contributed by atoms with E-state index in [0.717, 1.165) is 28.1 Å². The molecule has 0 unspecified atom stereocenters. The van der Waals surface area contributed by atoms with Gasteiger partial charge in [-0.05, 0) is 54.8 Å². The van der Waals surface area contributed by atoms with Crippen molar-refractivity contribution in [2.75, 3.05) is 11.9 Å². The van der Waals surface area contributed by atoms with E-state index in [2.05, 4.69) is 9.97 Å². The van der Waals surface area contributed by atoms with Crippen LogP contribution in [0.2, 0.25) is 0 Å². The number of hydrogen-bond donors (Lipinski definition) is 0. The number of carbonyl (C=O) groups is 2. The molecule has 0 atom stereocenters. The molecular formula is C24H25N3O2. The van der Waals surface area contributed by atoms with E-state index in [1.54, 1.807) is 30.5 Å². The van der Waals surface area contributed by atoms with Crippen molar-refractivity contribution in [2.24, 2.45) is 0 Å². The van der Waals surface area contributed by atoms with E-state index >= 15 is 0 Å². The Kier molecular flexibility index (Phi) is 6.50. The number of rotatable bonds is 7. The Morgan fingerprint density at radius 1 is 1.07 bits per heavy atom. The largest absolute Gasteiger partial charge is 0.315 e. The summed E-state index contributed by atoms with van der Waals surface area (Å²) in [6, 6.07) is 13.4. The molecule has 2 aromatic heterocycles. The number of aryl methyl sites for hydroxylation is 2. The van der Waals surface area contributed by atoms with Crippen LogP contribution in [-0.4, -0.2) is 28.7 Å². The molecule has 0 N–H and O–H groups in total. The molecule has 2 heterocycles. The average molecular weight is 387 g/mol. The monoisotopic (exact) mass is 387 g/mol. The van der Waals surface area contributed by atoms with Crippen LogP contribution in [0.4, 0.5) is 5.69 Å². The van der Waals surface area contributed by atoms with Crippen molar-refractivity contribution in [3.05, 3.63) is 77.7 Å². The van der Waals surface area contributed by atoms with E-state index in [4.69, 9.17) is 0 Å². The third kappa shape index (κ3) is 4.93. The summed E-state index contributed by atoms with van der Waals surface area (Å²) in [6.07, 6.45) is 6.71. The van der Waals surface area contributed by atoms with E-state index in [1.807, 2.05) is 56.3 Å². The Bertz CT molecular complexity index is 998. The Morgan fingerprint density at radius 3 is 2.52 bits per heavy atom.